The van der Waals surface area contributed by atoms with Crippen LogP contribution in [-0.2, 0) is 9.63 Å². The molecule has 4 rings (SSSR count). The summed E-state index contributed by atoms with van der Waals surface area (Å²) in [6.07, 6.45) is 10.8. The summed E-state index contributed by atoms with van der Waals surface area (Å²) in [5, 5.41) is 23.8. The number of nitrogens with zero attached hydrogens (tertiary/aromatic N) is 1. The lowest BCUT2D eigenvalue weighted by Gasteiger charge is -2.59. The fraction of sp³-hybridized carbons (Fsp3) is 0.818. The van der Waals surface area contributed by atoms with Gasteiger partial charge >= 0.3 is 5.97 Å². The van der Waals surface area contributed by atoms with E-state index in [0.717, 1.165) is 44.2 Å². The molecule has 0 aromatic heterocycles. The first-order chi connectivity index (χ1) is 12.7. The van der Waals surface area contributed by atoms with E-state index in [9.17, 15) is 9.90 Å². The summed E-state index contributed by atoms with van der Waals surface area (Å²) in [5.74, 6) is 1.04. The summed E-state index contributed by atoms with van der Waals surface area (Å²) in [7, 11) is 0. The van der Waals surface area contributed by atoms with Crippen LogP contribution < -0.4 is 0 Å². The Hall–Kier alpha value is -1.36. The predicted molar refractivity (Wildman–Crippen MR) is 103 cm³/mol. The molecule has 0 heterocycles. The summed E-state index contributed by atoms with van der Waals surface area (Å²) in [4.78, 5) is 15.6. The number of hydrogen-bond acceptors (Lipinski definition) is 4. The Morgan fingerprint density at radius 2 is 1.89 bits per heavy atom. The van der Waals surface area contributed by atoms with E-state index in [1.165, 1.54) is 18.4 Å². The zero-order valence-corrected chi connectivity index (χ0v) is 16.8. The molecule has 27 heavy (non-hydrogen) atoms. The molecular weight excluding hydrogens is 342 g/mol. The van der Waals surface area contributed by atoms with Crippen molar-refractivity contribution in [1.82, 2.24) is 0 Å². The van der Waals surface area contributed by atoms with Gasteiger partial charge in [0, 0.05) is 0 Å². The monoisotopic (exact) mass is 375 g/mol. The summed E-state index contributed by atoms with van der Waals surface area (Å²) < 4.78 is 0. The average Bonchev–Trinajstić information content (AvgIpc) is 2.84. The first kappa shape index (κ1) is 19.0. The van der Waals surface area contributed by atoms with Crippen molar-refractivity contribution in [3.8, 4) is 0 Å². The van der Waals surface area contributed by atoms with E-state index in [-0.39, 0.29) is 17.4 Å². The number of oxime groups is 1. The number of aliphatic carboxylic acids is 1. The SMILES string of the molecule is C[C@]1(O)CC[C@@H]2[C@@H]3CCC4=CC(=NOCC(=O)O)CC[C@@]4(C)[C@H]3CC[C@]21C. The van der Waals surface area contributed by atoms with Gasteiger partial charge in [0.25, 0.3) is 0 Å². The maximum absolute atomic E-state index is 11.0. The van der Waals surface area contributed by atoms with Crippen molar-refractivity contribution < 1.29 is 19.8 Å². The summed E-state index contributed by atoms with van der Waals surface area (Å²) in [6.45, 7) is 6.44. The topological polar surface area (TPSA) is 79.1 Å². The lowest BCUT2D eigenvalue weighted by molar-refractivity contribution is -0.142. The minimum Gasteiger partial charge on any atom is -0.479 e. The third-order valence-electron chi connectivity index (χ3n) is 8.91. The van der Waals surface area contributed by atoms with Gasteiger partial charge in [0.1, 0.15) is 0 Å². The predicted octanol–water partition coefficient (Wildman–Crippen LogP) is 4.16. The summed E-state index contributed by atoms with van der Waals surface area (Å²) >= 11 is 0. The van der Waals surface area contributed by atoms with Gasteiger partial charge in [-0.15, -0.1) is 0 Å². The molecule has 3 fully saturated rings. The van der Waals surface area contributed by atoms with Crippen LogP contribution in [0.1, 0.15) is 72.1 Å². The number of carbonyl (C=O) groups is 1. The number of aliphatic hydroxyl groups is 1. The largest absolute Gasteiger partial charge is 0.479 e. The molecule has 0 aromatic rings. The highest BCUT2D eigenvalue weighted by molar-refractivity contribution is 5.96. The molecule has 0 amide bonds. The van der Waals surface area contributed by atoms with Gasteiger partial charge in [0.05, 0.1) is 11.3 Å². The minimum absolute atomic E-state index is 0.0672. The van der Waals surface area contributed by atoms with Crippen LogP contribution in [0.25, 0.3) is 0 Å². The van der Waals surface area contributed by atoms with Crippen molar-refractivity contribution >= 4 is 11.7 Å². The number of carboxylic acid groups (broad SMARTS) is 1. The molecule has 5 nitrogen and oxygen atoms in total. The highest BCUT2D eigenvalue weighted by atomic mass is 16.6. The molecule has 0 aliphatic heterocycles. The molecule has 150 valence electrons. The van der Waals surface area contributed by atoms with Crippen molar-refractivity contribution in [1.29, 1.82) is 0 Å². The van der Waals surface area contributed by atoms with Gasteiger partial charge in [0.15, 0.2) is 0 Å². The molecule has 0 radical (unpaired) electrons. The first-order valence-corrected chi connectivity index (χ1v) is 10.5. The van der Waals surface area contributed by atoms with Gasteiger partial charge in [-0.05, 0) is 93.0 Å². The van der Waals surface area contributed by atoms with Gasteiger partial charge < -0.3 is 15.1 Å². The molecule has 3 saturated carbocycles. The fourth-order valence-electron chi connectivity index (χ4n) is 7.06. The van der Waals surface area contributed by atoms with E-state index in [1.54, 1.807) is 0 Å². The Kier molecular flexibility index (Phi) is 4.45. The van der Waals surface area contributed by atoms with Crippen molar-refractivity contribution in [3.05, 3.63) is 11.6 Å². The Labute approximate surface area is 161 Å². The zero-order valence-electron chi connectivity index (χ0n) is 16.8. The van der Waals surface area contributed by atoms with Crippen molar-refractivity contribution in [2.45, 2.75) is 77.7 Å². The standard InChI is InChI=1S/C22H33NO4/c1-20-9-6-15(23-27-13-19(24)25)12-14(20)4-5-16-17(20)7-10-21(2)18(16)8-11-22(21,3)26/h12,16-18,26H,4-11,13H2,1-3H3,(H,24,25)/t16-,17+,18-,20-,21-,22+/m1/s1. The van der Waals surface area contributed by atoms with Crippen LogP contribution in [0.4, 0.5) is 0 Å². The molecule has 0 aromatic carbocycles. The lowest BCUT2D eigenvalue weighted by Crippen LogP contribution is -2.53. The molecule has 6 atom stereocenters. The zero-order chi connectivity index (χ0) is 19.4. The van der Waals surface area contributed by atoms with Gasteiger partial charge in [0.2, 0.25) is 6.61 Å². The smallest absolute Gasteiger partial charge is 0.344 e. The fourth-order valence-corrected chi connectivity index (χ4v) is 7.06. The quantitative estimate of drug-likeness (QED) is 0.726. The maximum atomic E-state index is 11.0. The minimum atomic E-state index is -0.995. The van der Waals surface area contributed by atoms with Crippen LogP contribution >= 0.6 is 0 Å². The molecule has 5 heteroatoms. The van der Waals surface area contributed by atoms with E-state index in [0.29, 0.717) is 17.8 Å². The van der Waals surface area contributed by atoms with Crippen LogP contribution in [0.3, 0.4) is 0 Å². The number of rotatable bonds is 3. The molecule has 4 aliphatic carbocycles. The van der Waals surface area contributed by atoms with E-state index < -0.39 is 11.6 Å². The summed E-state index contributed by atoms with van der Waals surface area (Å²) in [6, 6.07) is 0. The third-order valence-corrected chi connectivity index (χ3v) is 8.91. The Bertz CT molecular complexity index is 696. The molecule has 0 unspecified atom stereocenters. The Balaban J connectivity index is 1.56. The number of allylic oxidation sites excluding steroid dienone is 2. The number of hydrogen-bond donors (Lipinski definition) is 2. The van der Waals surface area contributed by atoms with Crippen molar-refractivity contribution in [2.75, 3.05) is 6.61 Å². The van der Waals surface area contributed by atoms with Gasteiger partial charge in [-0.2, -0.15) is 0 Å². The Morgan fingerprint density at radius 1 is 1.15 bits per heavy atom. The molecule has 2 N–H and O–H groups in total. The molecular formula is C22H33NO4. The first-order valence-electron chi connectivity index (χ1n) is 10.5. The second-order valence-corrected chi connectivity index (χ2v) is 10.0. The van der Waals surface area contributed by atoms with Gasteiger partial charge in [-0.1, -0.05) is 24.6 Å². The highest BCUT2D eigenvalue weighted by Gasteiger charge is 2.62. The maximum Gasteiger partial charge on any atom is 0.344 e. The number of fused-ring (bicyclic) bond motifs is 5. The van der Waals surface area contributed by atoms with E-state index in [1.807, 2.05) is 0 Å². The third kappa shape index (κ3) is 2.84. The van der Waals surface area contributed by atoms with E-state index in [2.05, 4.69) is 32.0 Å². The second kappa shape index (κ2) is 6.33. The van der Waals surface area contributed by atoms with Crippen LogP contribution in [0, 0.1) is 28.6 Å². The van der Waals surface area contributed by atoms with Crippen LogP contribution in [0.15, 0.2) is 16.8 Å². The molecule has 0 saturated heterocycles. The van der Waals surface area contributed by atoms with Gasteiger partial charge in [-0.25, -0.2) is 4.79 Å². The normalized spacial score (nSPS) is 47.6. The molecule has 0 spiro atoms. The highest BCUT2D eigenvalue weighted by Crippen LogP contribution is 2.67. The van der Waals surface area contributed by atoms with Crippen LogP contribution in [0.2, 0.25) is 0 Å². The average molecular weight is 376 g/mol. The van der Waals surface area contributed by atoms with Gasteiger partial charge in [-0.3, -0.25) is 0 Å². The van der Waals surface area contributed by atoms with E-state index in [4.69, 9.17) is 9.94 Å². The lowest BCUT2D eigenvalue weighted by atomic mass is 9.46. The Morgan fingerprint density at radius 3 is 2.63 bits per heavy atom. The molecule has 0 bridgehead atoms. The van der Waals surface area contributed by atoms with Crippen LogP contribution in [-0.4, -0.2) is 34.1 Å². The van der Waals surface area contributed by atoms with Crippen molar-refractivity contribution in [2.24, 2.45) is 33.7 Å². The van der Waals surface area contributed by atoms with E-state index >= 15 is 0 Å². The molecule has 4 aliphatic rings. The van der Waals surface area contributed by atoms with Crippen molar-refractivity contribution in [3.63, 3.8) is 0 Å². The van der Waals surface area contributed by atoms with Crippen LogP contribution in [0.5, 0.6) is 0 Å². The summed E-state index contributed by atoms with van der Waals surface area (Å²) in [5.41, 5.74) is 2.11. The number of carboxylic acids is 1. The second-order valence-electron chi connectivity index (χ2n) is 10.0.